The highest BCUT2D eigenvalue weighted by atomic mass is 16.1. The van der Waals surface area contributed by atoms with Gasteiger partial charge in [-0.1, -0.05) is 34.6 Å². The second-order valence-corrected chi connectivity index (χ2v) is 4.85. The number of nitrogens with zero attached hydrogens (tertiary/aromatic N) is 1. The Bertz CT molecular complexity index is 205. The summed E-state index contributed by atoms with van der Waals surface area (Å²) in [5.41, 5.74) is 0.317. The Kier molecular flexibility index (Phi) is 8.49. The van der Waals surface area contributed by atoms with Crippen LogP contribution in [0.4, 0.5) is 0 Å². The summed E-state index contributed by atoms with van der Waals surface area (Å²) in [5, 5.41) is 0. The quantitative estimate of drug-likeness (QED) is 0.575. The van der Waals surface area contributed by atoms with Crippen LogP contribution >= 0.6 is 0 Å². The van der Waals surface area contributed by atoms with Crippen LogP contribution < -0.4 is 0 Å². The van der Waals surface area contributed by atoms with Crippen molar-refractivity contribution in [2.75, 3.05) is 13.1 Å². The van der Waals surface area contributed by atoms with E-state index in [4.69, 9.17) is 0 Å². The first-order chi connectivity index (χ1) is 8.10. The Balaban J connectivity index is 4.44. The van der Waals surface area contributed by atoms with Crippen molar-refractivity contribution in [2.45, 2.75) is 78.7 Å². The predicted molar refractivity (Wildman–Crippen MR) is 75.4 cm³/mol. The van der Waals surface area contributed by atoms with Crippen molar-refractivity contribution in [3.05, 3.63) is 0 Å². The van der Waals surface area contributed by atoms with Crippen LogP contribution in [-0.4, -0.2) is 29.3 Å². The summed E-state index contributed by atoms with van der Waals surface area (Å²) in [6.45, 7) is 13.2. The Morgan fingerprint density at radius 2 is 1.53 bits per heavy atom. The van der Waals surface area contributed by atoms with E-state index in [0.29, 0.717) is 17.7 Å². The Hall–Kier alpha value is -0.370. The van der Waals surface area contributed by atoms with E-state index in [-0.39, 0.29) is 0 Å². The molecular formula is C15H31NO. The molecule has 0 unspecified atom stereocenters. The molecule has 0 aliphatic heterocycles. The summed E-state index contributed by atoms with van der Waals surface area (Å²) >= 11 is 0. The average molecular weight is 241 g/mol. The van der Waals surface area contributed by atoms with Crippen LogP contribution in [0.5, 0.6) is 0 Å². The van der Waals surface area contributed by atoms with E-state index in [0.717, 1.165) is 32.4 Å². The summed E-state index contributed by atoms with van der Waals surface area (Å²) in [4.78, 5) is 13.9. The van der Waals surface area contributed by atoms with Crippen molar-refractivity contribution >= 4 is 5.78 Å². The molecule has 0 rings (SSSR count). The van der Waals surface area contributed by atoms with Crippen LogP contribution in [-0.2, 0) is 4.79 Å². The molecule has 102 valence electrons. The first-order valence-electron chi connectivity index (χ1n) is 7.36. The molecule has 0 amide bonds. The third-order valence-electron chi connectivity index (χ3n) is 4.24. The molecule has 0 aliphatic carbocycles. The lowest BCUT2D eigenvalue weighted by Crippen LogP contribution is -2.47. The molecule has 0 bridgehead atoms. The number of hydrogen-bond donors (Lipinski definition) is 0. The van der Waals surface area contributed by atoms with E-state index < -0.39 is 0 Å². The fourth-order valence-corrected chi connectivity index (χ4v) is 2.89. The molecule has 0 aromatic heterocycles. The second kappa shape index (κ2) is 8.68. The number of ketones is 1. The minimum atomic E-state index is 0.317. The van der Waals surface area contributed by atoms with E-state index in [1.54, 1.807) is 0 Å². The molecule has 17 heavy (non-hydrogen) atoms. The molecule has 0 aromatic carbocycles. The molecule has 0 aromatic rings. The maximum Gasteiger partial charge on any atom is 0.132 e. The largest absolute Gasteiger partial charge is 0.300 e. The van der Waals surface area contributed by atoms with Crippen molar-refractivity contribution in [1.82, 2.24) is 4.90 Å². The fraction of sp³-hybridized carbons (Fsp3) is 0.933. The van der Waals surface area contributed by atoms with E-state index >= 15 is 0 Å². The van der Waals surface area contributed by atoms with Gasteiger partial charge in [0.2, 0.25) is 0 Å². The molecule has 0 radical (unpaired) electrons. The molecule has 0 atom stereocenters. The zero-order chi connectivity index (χ0) is 13.3. The minimum absolute atomic E-state index is 0.317. The van der Waals surface area contributed by atoms with Crippen LogP contribution in [0.15, 0.2) is 0 Å². The highest BCUT2D eigenvalue weighted by Gasteiger charge is 2.30. The molecule has 0 heterocycles. The number of Topliss-reactive ketones (excluding diaryl/α,β-unsaturated/α-hetero) is 1. The van der Waals surface area contributed by atoms with Gasteiger partial charge in [0.15, 0.2) is 0 Å². The zero-order valence-electron chi connectivity index (χ0n) is 12.5. The second-order valence-electron chi connectivity index (χ2n) is 4.85. The van der Waals surface area contributed by atoms with Crippen molar-refractivity contribution in [1.29, 1.82) is 0 Å². The summed E-state index contributed by atoms with van der Waals surface area (Å²) in [5.74, 6) is 0.408. The lowest BCUT2D eigenvalue weighted by atomic mass is 9.84. The van der Waals surface area contributed by atoms with Crippen LogP contribution in [0, 0.1) is 0 Å². The van der Waals surface area contributed by atoms with Crippen LogP contribution in [0.2, 0.25) is 0 Å². The van der Waals surface area contributed by atoms with Gasteiger partial charge in [0.1, 0.15) is 5.78 Å². The van der Waals surface area contributed by atoms with Crippen LogP contribution in [0.1, 0.15) is 73.1 Å². The van der Waals surface area contributed by atoms with Gasteiger partial charge in [-0.15, -0.1) is 0 Å². The van der Waals surface area contributed by atoms with E-state index in [9.17, 15) is 4.79 Å². The van der Waals surface area contributed by atoms with Gasteiger partial charge < -0.3 is 0 Å². The number of carbonyl (C=O) groups is 1. The highest BCUT2D eigenvalue weighted by Crippen LogP contribution is 2.29. The van der Waals surface area contributed by atoms with Crippen molar-refractivity contribution in [2.24, 2.45) is 0 Å². The van der Waals surface area contributed by atoms with Crippen LogP contribution in [0.25, 0.3) is 0 Å². The molecule has 2 nitrogen and oxygen atoms in total. The minimum Gasteiger partial charge on any atom is -0.300 e. The standard InChI is InChI=1S/C15H31NO/c1-6-14(17)12-11-13-15(7-2,8-3)16(9-4)10-5/h6-13H2,1-5H3. The summed E-state index contributed by atoms with van der Waals surface area (Å²) < 4.78 is 0. The van der Waals surface area contributed by atoms with Crippen molar-refractivity contribution < 1.29 is 4.79 Å². The third-order valence-corrected chi connectivity index (χ3v) is 4.24. The zero-order valence-corrected chi connectivity index (χ0v) is 12.5. The molecule has 0 fully saturated rings. The SMILES string of the molecule is CCC(=O)CCCC(CC)(CC)N(CC)CC. The summed E-state index contributed by atoms with van der Waals surface area (Å²) in [6, 6.07) is 0. The first-order valence-corrected chi connectivity index (χ1v) is 7.36. The van der Waals surface area contributed by atoms with Gasteiger partial charge in [-0.05, 0) is 38.8 Å². The molecule has 0 saturated heterocycles. The number of rotatable bonds is 10. The van der Waals surface area contributed by atoms with Crippen molar-refractivity contribution in [3.8, 4) is 0 Å². The lowest BCUT2D eigenvalue weighted by molar-refractivity contribution is -0.119. The first kappa shape index (κ1) is 16.6. The number of hydrogen-bond acceptors (Lipinski definition) is 2. The van der Waals surface area contributed by atoms with Gasteiger partial charge in [-0.2, -0.15) is 0 Å². The highest BCUT2D eigenvalue weighted by molar-refractivity contribution is 5.77. The normalized spacial score (nSPS) is 12.1. The van der Waals surface area contributed by atoms with Gasteiger partial charge in [0, 0.05) is 18.4 Å². The Labute approximate surface area is 108 Å². The van der Waals surface area contributed by atoms with Gasteiger partial charge >= 0.3 is 0 Å². The molecule has 0 aliphatic rings. The van der Waals surface area contributed by atoms with Gasteiger partial charge in [0.05, 0.1) is 0 Å². The molecule has 0 spiro atoms. The third kappa shape index (κ3) is 4.79. The van der Waals surface area contributed by atoms with Crippen LogP contribution in [0.3, 0.4) is 0 Å². The summed E-state index contributed by atoms with van der Waals surface area (Å²) in [7, 11) is 0. The maximum absolute atomic E-state index is 11.4. The van der Waals surface area contributed by atoms with Gasteiger partial charge in [-0.3, -0.25) is 9.69 Å². The monoisotopic (exact) mass is 241 g/mol. The van der Waals surface area contributed by atoms with Crippen molar-refractivity contribution in [3.63, 3.8) is 0 Å². The molecule has 0 saturated carbocycles. The molecule has 2 heteroatoms. The van der Waals surface area contributed by atoms with E-state index in [1.807, 2.05) is 6.92 Å². The average Bonchev–Trinajstić information content (AvgIpc) is 2.37. The fourth-order valence-electron chi connectivity index (χ4n) is 2.89. The molecule has 0 N–H and O–H groups in total. The lowest BCUT2D eigenvalue weighted by Gasteiger charge is -2.42. The molecular weight excluding hydrogens is 210 g/mol. The topological polar surface area (TPSA) is 20.3 Å². The predicted octanol–water partition coefficient (Wildman–Crippen LogP) is 4.04. The Morgan fingerprint density at radius 1 is 1.00 bits per heavy atom. The maximum atomic E-state index is 11.4. The van der Waals surface area contributed by atoms with Gasteiger partial charge in [-0.25, -0.2) is 0 Å². The van der Waals surface area contributed by atoms with E-state index in [2.05, 4.69) is 32.6 Å². The van der Waals surface area contributed by atoms with Gasteiger partial charge in [0.25, 0.3) is 0 Å². The smallest absolute Gasteiger partial charge is 0.132 e. The number of carbonyl (C=O) groups excluding carboxylic acids is 1. The summed E-state index contributed by atoms with van der Waals surface area (Å²) in [6.07, 6.45) is 6.03. The Morgan fingerprint density at radius 3 is 1.88 bits per heavy atom. The van der Waals surface area contributed by atoms with E-state index in [1.165, 1.54) is 12.8 Å².